The van der Waals surface area contributed by atoms with Crippen molar-refractivity contribution >= 4 is 5.69 Å². The number of benzene rings is 1. The van der Waals surface area contributed by atoms with Crippen LogP contribution in [0.2, 0.25) is 0 Å². The topological polar surface area (TPSA) is 38.1 Å². The normalized spacial score (nSPS) is 11.5. The lowest BCUT2D eigenvalue weighted by molar-refractivity contribution is 0.511. The molecule has 0 amide bonds. The first-order chi connectivity index (χ1) is 8.07. The molecule has 2 rings (SSSR count). The van der Waals surface area contributed by atoms with E-state index in [1.165, 1.54) is 12.0 Å². The van der Waals surface area contributed by atoms with Crippen molar-refractivity contribution in [3.63, 3.8) is 0 Å². The maximum atomic E-state index is 5.21. The molecule has 1 N–H and O–H groups in total. The fourth-order valence-electron chi connectivity index (χ4n) is 1.80. The molecule has 1 heterocycles. The first kappa shape index (κ1) is 11.7. The first-order valence-corrected chi connectivity index (χ1v) is 5.78. The average molecular weight is 230 g/mol. The van der Waals surface area contributed by atoms with E-state index in [4.69, 9.17) is 4.42 Å². The molecule has 2 aromatic rings. The molecule has 17 heavy (non-hydrogen) atoms. The van der Waals surface area contributed by atoms with Crippen LogP contribution in [0.3, 0.4) is 0 Å². The first-order valence-electron chi connectivity index (χ1n) is 5.78. The van der Waals surface area contributed by atoms with E-state index in [2.05, 4.69) is 49.3 Å². The van der Waals surface area contributed by atoms with Crippen LogP contribution in [0.5, 0.6) is 0 Å². The summed E-state index contributed by atoms with van der Waals surface area (Å²) < 4.78 is 5.21. The maximum absolute atomic E-state index is 5.21. The van der Waals surface area contributed by atoms with Gasteiger partial charge in [0.2, 0.25) is 0 Å². The Morgan fingerprint density at radius 1 is 1.24 bits per heavy atom. The number of aromatic nitrogens is 1. The summed E-state index contributed by atoms with van der Waals surface area (Å²) in [4.78, 5) is 3.90. The van der Waals surface area contributed by atoms with Crippen LogP contribution in [0.25, 0.3) is 0 Å². The zero-order valence-electron chi connectivity index (χ0n) is 10.5. The lowest BCUT2D eigenvalue weighted by Gasteiger charge is -2.23. The third-order valence-electron chi connectivity index (χ3n) is 2.67. The molecule has 0 atom stereocenters. The quantitative estimate of drug-likeness (QED) is 0.875. The van der Waals surface area contributed by atoms with Gasteiger partial charge >= 0.3 is 0 Å². The van der Waals surface area contributed by atoms with E-state index in [1.54, 1.807) is 6.20 Å². The van der Waals surface area contributed by atoms with Gasteiger partial charge in [0.05, 0.1) is 12.7 Å². The van der Waals surface area contributed by atoms with Gasteiger partial charge in [0.1, 0.15) is 5.76 Å². The summed E-state index contributed by atoms with van der Waals surface area (Å²) in [7, 11) is 0. The van der Waals surface area contributed by atoms with Crippen LogP contribution in [0, 0.1) is 0 Å². The van der Waals surface area contributed by atoms with Crippen molar-refractivity contribution in [2.75, 3.05) is 5.32 Å². The number of hydrogen-bond donors (Lipinski definition) is 1. The van der Waals surface area contributed by atoms with Gasteiger partial charge in [0.25, 0.3) is 0 Å². The predicted octanol–water partition coefficient (Wildman–Crippen LogP) is 3.58. The second kappa shape index (κ2) is 4.62. The molecule has 0 saturated heterocycles. The molecular weight excluding hydrogens is 212 g/mol. The van der Waals surface area contributed by atoms with Gasteiger partial charge < -0.3 is 9.73 Å². The Morgan fingerprint density at radius 2 is 2.00 bits per heavy atom. The van der Waals surface area contributed by atoms with Gasteiger partial charge in [-0.15, -0.1) is 0 Å². The van der Waals surface area contributed by atoms with E-state index in [1.807, 2.05) is 6.07 Å². The van der Waals surface area contributed by atoms with Gasteiger partial charge in [-0.2, -0.15) is 0 Å². The summed E-state index contributed by atoms with van der Waals surface area (Å²) in [5.74, 6) is 0.841. The molecule has 0 spiro atoms. The number of para-hydroxylation sites is 1. The molecule has 0 bridgehead atoms. The third kappa shape index (κ3) is 2.87. The molecule has 0 aliphatic carbocycles. The second-order valence-electron chi connectivity index (χ2n) is 5.12. The van der Waals surface area contributed by atoms with Gasteiger partial charge in [-0.3, -0.25) is 0 Å². The molecule has 90 valence electrons. The highest BCUT2D eigenvalue weighted by atomic mass is 16.3. The number of anilines is 1. The molecule has 0 unspecified atom stereocenters. The Morgan fingerprint density at radius 3 is 2.65 bits per heavy atom. The van der Waals surface area contributed by atoms with Crippen molar-refractivity contribution in [1.82, 2.24) is 4.98 Å². The minimum atomic E-state index is 0.130. The lowest BCUT2D eigenvalue weighted by atomic mass is 9.86. The van der Waals surface area contributed by atoms with Crippen molar-refractivity contribution in [2.45, 2.75) is 32.7 Å². The van der Waals surface area contributed by atoms with Crippen molar-refractivity contribution < 1.29 is 4.42 Å². The Hall–Kier alpha value is -1.77. The number of rotatable bonds is 3. The molecule has 0 aliphatic rings. The predicted molar refractivity (Wildman–Crippen MR) is 69.0 cm³/mol. The van der Waals surface area contributed by atoms with Crippen molar-refractivity contribution in [2.24, 2.45) is 0 Å². The average Bonchev–Trinajstić information content (AvgIpc) is 2.78. The molecule has 0 fully saturated rings. The van der Waals surface area contributed by atoms with E-state index in [-0.39, 0.29) is 5.41 Å². The molecule has 3 nitrogen and oxygen atoms in total. The van der Waals surface area contributed by atoms with Gasteiger partial charge in [-0.1, -0.05) is 39.0 Å². The standard InChI is InChI=1S/C14H18N2O/c1-14(2,3)12-6-4-5-7-13(12)16-9-11-8-15-10-17-11/h4-8,10,16H,9H2,1-3H3. The summed E-state index contributed by atoms with van der Waals surface area (Å²) >= 11 is 0. The Kier molecular flexibility index (Phi) is 3.18. The summed E-state index contributed by atoms with van der Waals surface area (Å²) in [6.45, 7) is 7.29. The SMILES string of the molecule is CC(C)(C)c1ccccc1NCc1cnco1. The Balaban J connectivity index is 2.16. The zero-order valence-corrected chi connectivity index (χ0v) is 10.5. The van der Waals surface area contributed by atoms with Crippen molar-refractivity contribution in [3.8, 4) is 0 Å². The van der Waals surface area contributed by atoms with Crippen molar-refractivity contribution in [3.05, 3.63) is 48.2 Å². The largest absolute Gasteiger partial charge is 0.447 e. The van der Waals surface area contributed by atoms with Crippen LogP contribution in [0.15, 0.2) is 41.3 Å². The van der Waals surface area contributed by atoms with Gasteiger partial charge in [0, 0.05) is 5.69 Å². The van der Waals surface area contributed by atoms with Crippen LogP contribution in [0.1, 0.15) is 32.1 Å². The molecule has 1 aromatic carbocycles. The van der Waals surface area contributed by atoms with Crippen LogP contribution < -0.4 is 5.32 Å². The molecule has 0 aliphatic heterocycles. The maximum Gasteiger partial charge on any atom is 0.180 e. The van der Waals surface area contributed by atoms with Crippen molar-refractivity contribution in [1.29, 1.82) is 0 Å². The van der Waals surface area contributed by atoms with Crippen LogP contribution in [0.4, 0.5) is 5.69 Å². The highest BCUT2D eigenvalue weighted by Crippen LogP contribution is 2.29. The number of nitrogens with one attached hydrogen (secondary N) is 1. The van der Waals surface area contributed by atoms with E-state index in [0.29, 0.717) is 6.54 Å². The highest BCUT2D eigenvalue weighted by Gasteiger charge is 2.17. The highest BCUT2D eigenvalue weighted by molar-refractivity contribution is 5.54. The fourth-order valence-corrected chi connectivity index (χ4v) is 1.80. The molecule has 3 heteroatoms. The summed E-state index contributed by atoms with van der Waals surface area (Å²) in [6, 6.07) is 8.36. The van der Waals surface area contributed by atoms with E-state index in [9.17, 15) is 0 Å². The van der Waals surface area contributed by atoms with E-state index in [0.717, 1.165) is 11.4 Å². The molecule has 0 radical (unpaired) electrons. The Bertz CT molecular complexity index is 469. The van der Waals surface area contributed by atoms with E-state index < -0.39 is 0 Å². The summed E-state index contributed by atoms with van der Waals surface area (Å²) in [6.07, 6.45) is 3.18. The van der Waals surface area contributed by atoms with E-state index >= 15 is 0 Å². The number of hydrogen-bond acceptors (Lipinski definition) is 3. The smallest absolute Gasteiger partial charge is 0.180 e. The second-order valence-corrected chi connectivity index (χ2v) is 5.12. The monoisotopic (exact) mass is 230 g/mol. The zero-order chi connectivity index (χ0) is 12.3. The van der Waals surface area contributed by atoms with Crippen LogP contribution in [-0.2, 0) is 12.0 Å². The van der Waals surface area contributed by atoms with Gasteiger partial charge in [-0.05, 0) is 17.0 Å². The van der Waals surface area contributed by atoms with Crippen LogP contribution in [-0.4, -0.2) is 4.98 Å². The summed E-state index contributed by atoms with van der Waals surface area (Å²) in [5.41, 5.74) is 2.58. The number of oxazole rings is 1. The molecule has 0 saturated carbocycles. The third-order valence-corrected chi connectivity index (χ3v) is 2.67. The minimum Gasteiger partial charge on any atom is -0.447 e. The molecular formula is C14H18N2O. The fraction of sp³-hybridized carbons (Fsp3) is 0.357. The van der Waals surface area contributed by atoms with Gasteiger partial charge in [-0.25, -0.2) is 4.98 Å². The van der Waals surface area contributed by atoms with Crippen LogP contribution >= 0.6 is 0 Å². The summed E-state index contributed by atoms with van der Waals surface area (Å²) in [5, 5.41) is 3.39. The minimum absolute atomic E-state index is 0.130. The number of nitrogens with zero attached hydrogens (tertiary/aromatic N) is 1. The Labute approximate surface area is 102 Å². The molecule has 1 aromatic heterocycles. The van der Waals surface area contributed by atoms with Gasteiger partial charge in [0.15, 0.2) is 6.39 Å². The lowest BCUT2D eigenvalue weighted by Crippen LogP contribution is -2.14.